The molecule has 2 heterocycles. The van der Waals surface area contributed by atoms with E-state index in [1.165, 1.54) is 12.8 Å². The standard InChI is InChI=1S/C14H15N5O/c1-9(10-4-6-15-7-5-10)16-19-14(20)13-8-12(17-18-13)11-2-3-11/h4-8,11H,2-3H2,1H3,(H,17,18)(H,19,20). The Morgan fingerprint density at radius 1 is 1.40 bits per heavy atom. The van der Waals surface area contributed by atoms with E-state index in [4.69, 9.17) is 0 Å². The first kappa shape index (κ1) is 12.5. The SMILES string of the molecule is CC(=NNC(=O)c1cc(C2CC2)[nH]n1)c1ccncc1. The minimum atomic E-state index is -0.304. The fraction of sp³-hybridized carbons (Fsp3) is 0.286. The summed E-state index contributed by atoms with van der Waals surface area (Å²) >= 11 is 0. The van der Waals surface area contributed by atoms with E-state index in [1.807, 2.05) is 19.1 Å². The Hall–Kier alpha value is -2.50. The second-order valence-electron chi connectivity index (χ2n) is 4.86. The number of pyridine rings is 1. The van der Waals surface area contributed by atoms with Crippen LogP contribution in [0.1, 0.15) is 47.4 Å². The topological polar surface area (TPSA) is 83.0 Å². The molecule has 1 amide bonds. The van der Waals surface area contributed by atoms with Crippen molar-refractivity contribution in [2.75, 3.05) is 0 Å². The third-order valence-electron chi connectivity index (χ3n) is 3.27. The molecule has 1 aliphatic carbocycles. The van der Waals surface area contributed by atoms with Crippen LogP contribution in [0, 0.1) is 0 Å². The highest BCUT2D eigenvalue weighted by Crippen LogP contribution is 2.38. The first-order valence-corrected chi connectivity index (χ1v) is 6.54. The minimum Gasteiger partial charge on any atom is -0.281 e. The molecule has 6 nitrogen and oxygen atoms in total. The maximum atomic E-state index is 11.9. The first-order chi connectivity index (χ1) is 9.74. The van der Waals surface area contributed by atoms with E-state index < -0.39 is 0 Å². The Balaban J connectivity index is 1.66. The molecular weight excluding hydrogens is 254 g/mol. The summed E-state index contributed by atoms with van der Waals surface area (Å²) in [6.45, 7) is 1.83. The molecule has 0 unspecified atom stereocenters. The summed E-state index contributed by atoms with van der Waals surface area (Å²) in [5.74, 6) is 0.243. The van der Waals surface area contributed by atoms with Gasteiger partial charge in [0.25, 0.3) is 5.91 Å². The van der Waals surface area contributed by atoms with E-state index in [-0.39, 0.29) is 5.91 Å². The summed E-state index contributed by atoms with van der Waals surface area (Å²) < 4.78 is 0. The van der Waals surface area contributed by atoms with Crippen LogP contribution in [0.15, 0.2) is 35.7 Å². The van der Waals surface area contributed by atoms with E-state index in [2.05, 4.69) is 25.7 Å². The lowest BCUT2D eigenvalue weighted by atomic mass is 10.2. The Labute approximate surface area is 116 Å². The quantitative estimate of drug-likeness (QED) is 0.656. The fourth-order valence-electron chi connectivity index (χ4n) is 1.91. The molecule has 20 heavy (non-hydrogen) atoms. The van der Waals surface area contributed by atoms with Crippen LogP contribution >= 0.6 is 0 Å². The molecule has 2 aromatic heterocycles. The summed E-state index contributed by atoms with van der Waals surface area (Å²) in [6.07, 6.45) is 5.71. The number of hydrogen-bond acceptors (Lipinski definition) is 4. The van der Waals surface area contributed by atoms with Crippen molar-refractivity contribution >= 4 is 11.6 Å². The number of carbonyl (C=O) groups excluding carboxylic acids is 1. The molecule has 0 spiro atoms. The largest absolute Gasteiger partial charge is 0.291 e. The smallest absolute Gasteiger partial charge is 0.281 e. The van der Waals surface area contributed by atoms with E-state index in [0.29, 0.717) is 11.6 Å². The van der Waals surface area contributed by atoms with Gasteiger partial charge in [0.1, 0.15) is 0 Å². The summed E-state index contributed by atoms with van der Waals surface area (Å²) in [4.78, 5) is 15.9. The van der Waals surface area contributed by atoms with Gasteiger partial charge < -0.3 is 0 Å². The zero-order valence-corrected chi connectivity index (χ0v) is 11.1. The monoisotopic (exact) mass is 269 g/mol. The molecule has 1 fully saturated rings. The Kier molecular flexibility index (Phi) is 3.28. The second-order valence-corrected chi connectivity index (χ2v) is 4.86. The van der Waals surface area contributed by atoms with Gasteiger partial charge in [0.05, 0.1) is 5.71 Å². The highest BCUT2D eigenvalue weighted by atomic mass is 16.2. The minimum absolute atomic E-state index is 0.304. The Morgan fingerprint density at radius 3 is 2.85 bits per heavy atom. The molecule has 2 N–H and O–H groups in total. The lowest BCUT2D eigenvalue weighted by Gasteiger charge is -2.00. The number of nitrogens with one attached hydrogen (secondary N) is 2. The van der Waals surface area contributed by atoms with Crippen molar-refractivity contribution in [2.24, 2.45) is 5.10 Å². The summed E-state index contributed by atoms with van der Waals surface area (Å²) in [5, 5.41) is 11.0. The van der Waals surface area contributed by atoms with Gasteiger partial charge in [-0.15, -0.1) is 0 Å². The number of aromatic amines is 1. The molecule has 0 aliphatic heterocycles. The number of aromatic nitrogens is 3. The number of hydrogen-bond donors (Lipinski definition) is 2. The van der Waals surface area contributed by atoms with Crippen LogP contribution < -0.4 is 5.43 Å². The second kappa shape index (κ2) is 5.24. The summed E-state index contributed by atoms with van der Waals surface area (Å²) in [7, 11) is 0. The Morgan fingerprint density at radius 2 is 2.15 bits per heavy atom. The molecule has 0 radical (unpaired) electrons. The predicted molar refractivity (Wildman–Crippen MR) is 74.5 cm³/mol. The van der Waals surface area contributed by atoms with Crippen LogP contribution in [0.2, 0.25) is 0 Å². The van der Waals surface area contributed by atoms with Crippen molar-refractivity contribution in [1.82, 2.24) is 20.6 Å². The van der Waals surface area contributed by atoms with E-state index in [1.54, 1.807) is 18.5 Å². The van der Waals surface area contributed by atoms with E-state index in [9.17, 15) is 4.79 Å². The fourth-order valence-corrected chi connectivity index (χ4v) is 1.91. The Bertz CT molecular complexity index is 643. The highest BCUT2D eigenvalue weighted by molar-refractivity contribution is 6.00. The van der Waals surface area contributed by atoms with Gasteiger partial charge in [-0.1, -0.05) is 0 Å². The maximum Gasteiger partial charge on any atom is 0.291 e. The van der Waals surface area contributed by atoms with Crippen molar-refractivity contribution in [3.63, 3.8) is 0 Å². The van der Waals surface area contributed by atoms with E-state index >= 15 is 0 Å². The number of nitrogens with zero attached hydrogens (tertiary/aromatic N) is 3. The van der Waals surface area contributed by atoms with Crippen molar-refractivity contribution in [3.05, 3.63) is 47.5 Å². The van der Waals surface area contributed by atoms with Crippen LogP contribution in [0.3, 0.4) is 0 Å². The molecule has 1 saturated carbocycles. The van der Waals surface area contributed by atoms with Crippen LogP contribution in [0.25, 0.3) is 0 Å². The van der Waals surface area contributed by atoms with Crippen molar-refractivity contribution < 1.29 is 4.79 Å². The predicted octanol–water partition coefficient (Wildman–Crippen LogP) is 1.84. The average molecular weight is 269 g/mol. The average Bonchev–Trinajstić information content (AvgIpc) is 3.22. The molecule has 2 aromatic rings. The van der Waals surface area contributed by atoms with Crippen molar-refractivity contribution in [2.45, 2.75) is 25.7 Å². The van der Waals surface area contributed by atoms with Crippen LogP contribution in [-0.4, -0.2) is 26.8 Å². The van der Waals surface area contributed by atoms with Gasteiger partial charge in [0.15, 0.2) is 5.69 Å². The highest BCUT2D eigenvalue weighted by Gasteiger charge is 2.26. The third-order valence-corrected chi connectivity index (χ3v) is 3.27. The van der Waals surface area contributed by atoms with Gasteiger partial charge in [-0.3, -0.25) is 14.9 Å². The van der Waals surface area contributed by atoms with Gasteiger partial charge in [-0.05, 0) is 38.0 Å². The number of carbonyl (C=O) groups is 1. The molecule has 0 aromatic carbocycles. The lowest BCUT2D eigenvalue weighted by Crippen LogP contribution is -2.19. The van der Waals surface area contributed by atoms with Crippen molar-refractivity contribution in [1.29, 1.82) is 0 Å². The van der Waals surface area contributed by atoms with Gasteiger partial charge >= 0.3 is 0 Å². The summed E-state index contributed by atoms with van der Waals surface area (Å²) in [5.41, 5.74) is 5.56. The number of rotatable bonds is 4. The first-order valence-electron chi connectivity index (χ1n) is 6.54. The molecule has 0 atom stereocenters. The van der Waals surface area contributed by atoms with Crippen LogP contribution in [0.5, 0.6) is 0 Å². The molecule has 102 valence electrons. The molecular formula is C14H15N5O. The van der Waals surface area contributed by atoms with Crippen LogP contribution in [0.4, 0.5) is 0 Å². The normalized spacial score (nSPS) is 15.2. The number of H-pyrrole nitrogens is 1. The third kappa shape index (κ3) is 2.74. The number of amides is 1. The van der Waals surface area contributed by atoms with Gasteiger partial charge in [0.2, 0.25) is 0 Å². The zero-order chi connectivity index (χ0) is 13.9. The summed E-state index contributed by atoms with van der Waals surface area (Å²) in [6, 6.07) is 5.47. The maximum absolute atomic E-state index is 11.9. The van der Waals surface area contributed by atoms with Gasteiger partial charge in [-0.2, -0.15) is 10.2 Å². The van der Waals surface area contributed by atoms with Gasteiger partial charge in [-0.25, -0.2) is 5.43 Å². The van der Waals surface area contributed by atoms with E-state index in [0.717, 1.165) is 17.0 Å². The molecule has 3 rings (SSSR count). The molecule has 6 heteroatoms. The molecule has 1 aliphatic rings. The molecule has 0 saturated heterocycles. The number of hydrazone groups is 1. The zero-order valence-electron chi connectivity index (χ0n) is 11.1. The molecule has 0 bridgehead atoms. The lowest BCUT2D eigenvalue weighted by molar-refractivity contribution is 0.0950. The van der Waals surface area contributed by atoms with Crippen molar-refractivity contribution in [3.8, 4) is 0 Å². The van der Waals surface area contributed by atoms with Gasteiger partial charge in [0, 0.05) is 29.6 Å². The van der Waals surface area contributed by atoms with Crippen LogP contribution in [-0.2, 0) is 0 Å².